The van der Waals surface area contributed by atoms with E-state index in [0.717, 1.165) is 11.1 Å². The molecule has 0 amide bonds. The molecule has 23 heavy (non-hydrogen) atoms. The smallest absolute Gasteiger partial charge is 0.349 e. The van der Waals surface area contributed by atoms with E-state index < -0.39 is 5.97 Å². The molecule has 3 nitrogen and oxygen atoms in total. The SMILES string of the molecule is CCOC(=O)/C(C#Cc1ccc(C)cc1)=C/Oc1ccccc1. The molecule has 0 bridgehead atoms. The zero-order chi connectivity index (χ0) is 16.5. The van der Waals surface area contributed by atoms with E-state index in [0.29, 0.717) is 5.75 Å². The molecule has 0 aliphatic rings. The van der Waals surface area contributed by atoms with Crippen molar-refractivity contribution in [2.45, 2.75) is 13.8 Å². The van der Waals surface area contributed by atoms with Crippen molar-refractivity contribution in [3.63, 3.8) is 0 Å². The molecule has 0 N–H and O–H groups in total. The fourth-order valence-electron chi connectivity index (χ4n) is 1.74. The van der Waals surface area contributed by atoms with Gasteiger partial charge in [-0.2, -0.15) is 0 Å². The van der Waals surface area contributed by atoms with Crippen molar-refractivity contribution in [1.82, 2.24) is 0 Å². The van der Waals surface area contributed by atoms with Crippen LogP contribution in [0.25, 0.3) is 0 Å². The van der Waals surface area contributed by atoms with Crippen molar-refractivity contribution in [1.29, 1.82) is 0 Å². The predicted octanol–water partition coefficient (Wildman–Crippen LogP) is 3.87. The lowest BCUT2D eigenvalue weighted by molar-refractivity contribution is -0.138. The fourth-order valence-corrected chi connectivity index (χ4v) is 1.74. The largest absolute Gasteiger partial charge is 0.463 e. The van der Waals surface area contributed by atoms with Gasteiger partial charge in [-0.3, -0.25) is 0 Å². The monoisotopic (exact) mass is 306 g/mol. The Morgan fingerprint density at radius 1 is 1.09 bits per heavy atom. The molecule has 116 valence electrons. The lowest BCUT2D eigenvalue weighted by atomic mass is 10.1. The molecule has 2 aromatic rings. The Kier molecular flexibility index (Phi) is 6.02. The van der Waals surface area contributed by atoms with Crippen LogP contribution in [0.1, 0.15) is 18.1 Å². The van der Waals surface area contributed by atoms with Crippen molar-refractivity contribution >= 4 is 5.97 Å². The Labute approximate surface area is 136 Å². The maximum Gasteiger partial charge on any atom is 0.349 e. The van der Waals surface area contributed by atoms with Gasteiger partial charge in [-0.15, -0.1) is 0 Å². The summed E-state index contributed by atoms with van der Waals surface area (Å²) in [7, 11) is 0. The number of para-hydroxylation sites is 1. The van der Waals surface area contributed by atoms with E-state index in [-0.39, 0.29) is 12.2 Å². The van der Waals surface area contributed by atoms with Gasteiger partial charge in [0.2, 0.25) is 0 Å². The Bertz CT molecular complexity index is 732. The number of hydrogen-bond donors (Lipinski definition) is 0. The van der Waals surface area contributed by atoms with Gasteiger partial charge in [0.15, 0.2) is 0 Å². The van der Waals surface area contributed by atoms with E-state index in [2.05, 4.69) is 11.8 Å². The summed E-state index contributed by atoms with van der Waals surface area (Å²) < 4.78 is 10.5. The van der Waals surface area contributed by atoms with Crippen LogP contribution in [0.5, 0.6) is 5.75 Å². The summed E-state index contributed by atoms with van der Waals surface area (Å²) in [5, 5.41) is 0. The minimum atomic E-state index is -0.497. The number of esters is 1. The molecule has 0 heterocycles. The zero-order valence-electron chi connectivity index (χ0n) is 13.2. The van der Waals surface area contributed by atoms with Crippen LogP contribution >= 0.6 is 0 Å². The summed E-state index contributed by atoms with van der Waals surface area (Å²) in [6, 6.07) is 16.9. The van der Waals surface area contributed by atoms with E-state index in [1.807, 2.05) is 49.4 Å². The van der Waals surface area contributed by atoms with Crippen LogP contribution < -0.4 is 4.74 Å². The van der Waals surface area contributed by atoms with Crippen LogP contribution in [0.15, 0.2) is 66.4 Å². The average molecular weight is 306 g/mol. The van der Waals surface area contributed by atoms with Gasteiger partial charge >= 0.3 is 5.97 Å². The molecule has 0 spiro atoms. The number of aryl methyl sites for hydroxylation is 1. The second-order valence-electron chi connectivity index (χ2n) is 4.80. The van der Waals surface area contributed by atoms with Gasteiger partial charge in [0.05, 0.1) is 6.61 Å². The maximum absolute atomic E-state index is 12.0. The van der Waals surface area contributed by atoms with Crippen LogP contribution in [0.2, 0.25) is 0 Å². The van der Waals surface area contributed by atoms with E-state index in [1.165, 1.54) is 6.26 Å². The molecule has 0 saturated carbocycles. The lowest BCUT2D eigenvalue weighted by Gasteiger charge is -2.02. The summed E-state index contributed by atoms with van der Waals surface area (Å²) >= 11 is 0. The summed E-state index contributed by atoms with van der Waals surface area (Å²) in [6.07, 6.45) is 1.33. The van der Waals surface area contributed by atoms with Gasteiger partial charge in [0.25, 0.3) is 0 Å². The molecule has 0 fully saturated rings. The fraction of sp³-hybridized carbons (Fsp3) is 0.150. The van der Waals surface area contributed by atoms with Crippen molar-refractivity contribution in [2.75, 3.05) is 6.61 Å². The highest BCUT2D eigenvalue weighted by Crippen LogP contribution is 2.10. The summed E-state index contributed by atoms with van der Waals surface area (Å²) in [5.41, 5.74) is 2.16. The number of ether oxygens (including phenoxy) is 2. The number of carbonyl (C=O) groups is 1. The van der Waals surface area contributed by atoms with Gasteiger partial charge < -0.3 is 9.47 Å². The molecule has 0 saturated heterocycles. The Morgan fingerprint density at radius 3 is 2.43 bits per heavy atom. The number of benzene rings is 2. The van der Waals surface area contributed by atoms with Gasteiger partial charge in [0, 0.05) is 5.56 Å². The second-order valence-corrected chi connectivity index (χ2v) is 4.80. The number of hydrogen-bond acceptors (Lipinski definition) is 3. The molecule has 2 rings (SSSR count). The van der Waals surface area contributed by atoms with E-state index in [4.69, 9.17) is 9.47 Å². The molecule has 0 atom stereocenters. The topological polar surface area (TPSA) is 35.5 Å². The van der Waals surface area contributed by atoms with Gasteiger partial charge in [-0.1, -0.05) is 47.7 Å². The quantitative estimate of drug-likeness (QED) is 0.372. The minimum absolute atomic E-state index is 0.177. The molecule has 0 unspecified atom stereocenters. The third-order valence-corrected chi connectivity index (χ3v) is 2.94. The van der Waals surface area contributed by atoms with Gasteiger partial charge in [-0.05, 0) is 38.1 Å². The number of rotatable bonds is 4. The molecule has 0 aromatic heterocycles. The highest BCUT2D eigenvalue weighted by molar-refractivity contribution is 5.93. The molecule has 2 aromatic carbocycles. The lowest BCUT2D eigenvalue weighted by Crippen LogP contribution is -2.07. The van der Waals surface area contributed by atoms with Crippen LogP contribution in [-0.4, -0.2) is 12.6 Å². The first-order chi connectivity index (χ1) is 11.2. The van der Waals surface area contributed by atoms with Crippen LogP contribution in [0.3, 0.4) is 0 Å². The third kappa shape index (κ3) is 5.37. The van der Waals surface area contributed by atoms with Crippen LogP contribution in [0, 0.1) is 18.8 Å². The standard InChI is InChI=1S/C20H18O3/c1-3-22-20(21)18(15-23-19-7-5-4-6-8-19)14-13-17-11-9-16(2)10-12-17/h4-12,15H,3H2,1-2H3/b18-15+. The Hall–Kier alpha value is -2.99. The summed E-state index contributed by atoms with van der Waals surface area (Å²) in [6.45, 7) is 4.05. The first-order valence-corrected chi connectivity index (χ1v) is 7.36. The molecular weight excluding hydrogens is 288 g/mol. The normalized spacial score (nSPS) is 10.4. The molecule has 0 aliphatic heterocycles. The van der Waals surface area contributed by atoms with Gasteiger partial charge in [-0.25, -0.2) is 4.79 Å². The average Bonchev–Trinajstić information content (AvgIpc) is 2.57. The van der Waals surface area contributed by atoms with Gasteiger partial charge in [0.1, 0.15) is 17.6 Å². The Morgan fingerprint density at radius 2 is 1.78 bits per heavy atom. The first-order valence-electron chi connectivity index (χ1n) is 7.36. The van der Waals surface area contributed by atoms with E-state index >= 15 is 0 Å². The Balaban J connectivity index is 2.20. The highest BCUT2D eigenvalue weighted by atomic mass is 16.5. The third-order valence-electron chi connectivity index (χ3n) is 2.94. The zero-order valence-corrected chi connectivity index (χ0v) is 13.2. The first kappa shape index (κ1) is 16.4. The van der Waals surface area contributed by atoms with Crippen molar-refractivity contribution in [2.24, 2.45) is 0 Å². The summed E-state index contributed by atoms with van der Waals surface area (Å²) in [5.74, 6) is 5.90. The van der Waals surface area contributed by atoms with E-state index in [1.54, 1.807) is 19.1 Å². The molecule has 3 heteroatoms. The molecule has 0 radical (unpaired) electrons. The van der Waals surface area contributed by atoms with Crippen molar-refractivity contribution in [3.8, 4) is 17.6 Å². The van der Waals surface area contributed by atoms with Crippen molar-refractivity contribution < 1.29 is 14.3 Å². The van der Waals surface area contributed by atoms with E-state index in [9.17, 15) is 4.79 Å². The summed E-state index contributed by atoms with van der Waals surface area (Å²) in [4.78, 5) is 12.0. The minimum Gasteiger partial charge on any atom is -0.463 e. The second kappa shape index (κ2) is 8.45. The van der Waals surface area contributed by atoms with Crippen molar-refractivity contribution in [3.05, 3.63) is 77.6 Å². The van der Waals surface area contributed by atoms with Crippen LogP contribution in [-0.2, 0) is 9.53 Å². The predicted molar refractivity (Wildman–Crippen MR) is 89.8 cm³/mol. The number of carbonyl (C=O) groups excluding carboxylic acids is 1. The van der Waals surface area contributed by atoms with Crippen LogP contribution in [0.4, 0.5) is 0 Å². The maximum atomic E-state index is 12.0. The molecular formula is C20H18O3. The highest BCUT2D eigenvalue weighted by Gasteiger charge is 2.08. The molecule has 0 aliphatic carbocycles.